The van der Waals surface area contributed by atoms with Gasteiger partial charge in [0, 0.05) is 29.6 Å². The van der Waals surface area contributed by atoms with Crippen LogP contribution in [0.25, 0.3) is 16.7 Å². The van der Waals surface area contributed by atoms with Crippen LogP contribution in [-0.4, -0.2) is 35.0 Å². The predicted octanol–water partition coefficient (Wildman–Crippen LogP) is 6.45. The smallest absolute Gasteiger partial charge is 0.0535 e. The van der Waals surface area contributed by atoms with E-state index in [-0.39, 0.29) is 0 Å². The lowest BCUT2D eigenvalue weighted by atomic mass is 9.88. The Kier molecular flexibility index (Phi) is 7.49. The molecule has 0 bridgehead atoms. The number of allylic oxidation sites excluding steroid dienone is 4. The van der Waals surface area contributed by atoms with Gasteiger partial charge < -0.3 is 9.88 Å². The van der Waals surface area contributed by atoms with Crippen LogP contribution >= 0.6 is 0 Å². The molecule has 0 aromatic carbocycles. The molecule has 0 radical (unpaired) electrons. The SMILES string of the molecule is CC.CCc1c(C2CCN(C)CC2)[nH]c(C2=CCC(C)C=C2)c1-c1ccncc1. The molecule has 156 valence electrons. The maximum atomic E-state index is 4.24. The first-order valence-electron chi connectivity index (χ1n) is 11.4. The average molecular weight is 392 g/mol. The quantitative estimate of drug-likeness (QED) is 0.649. The monoisotopic (exact) mass is 391 g/mol. The van der Waals surface area contributed by atoms with Crippen molar-refractivity contribution < 1.29 is 0 Å². The number of hydrogen-bond donors (Lipinski definition) is 1. The molecule has 1 saturated heterocycles. The number of hydrogen-bond acceptors (Lipinski definition) is 2. The van der Waals surface area contributed by atoms with Crippen molar-refractivity contribution in [2.75, 3.05) is 20.1 Å². The van der Waals surface area contributed by atoms with E-state index in [1.165, 1.54) is 59.6 Å². The van der Waals surface area contributed by atoms with E-state index in [2.05, 4.69) is 66.1 Å². The first kappa shape index (κ1) is 21.6. The zero-order valence-corrected chi connectivity index (χ0v) is 18.8. The Hall–Kier alpha value is -2.13. The lowest BCUT2D eigenvalue weighted by Crippen LogP contribution is -2.29. The molecule has 2 aromatic rings. The van der Waals surface area contributed by atoms with Crippen LogP contribution in [0.4, 0.5) is 0 Å². The van der Waals surface area contributed by atoms with Gasteiger partial charge in [-0.15, -0.1) is 0 Å². The Morgan fingerprint density at radius 3 is 2.41 bits per heavy atom. The highest BCUT2D eigenvalue weighted by molar-refractivity contribution is 5.87. The van der Waals surface area contributed by atoms with Crippen LogP contribution < -0.4 is 0 Å². The molecule has 2 aromatic heterocycles. The molecule has 1 fully saturated rings. The predicted molar refractivity (Wildman–Crippen MR) is 125 cm³/mol. The molecule has 3 heteroatoms. The number of likely N-dealkylation sites (tertiary alicyclic amines) is 1. The topological polar surface area (TPSA) is 31.9 Å². The molecule has 1 aliphatic heterocycles. The summed E-state index contributed by atoms with van der Waals surface area (Å²) in [6.45, 7) is 11.0. The molecule has 0 amide bonds. The Morgan fingerprint density at radius 2 is 1.83 bits per heavy atom. The molecule has 1 N–H and O–H groups in total. The van der Waals surface area contributed by atoms with Crippen LogP contribution in [0.1, 0.15) is 69.8 Å². The van der Waals surface area contributed by atoms with Gasteiger partial charge in [-0.3, -0.25) is 4.98 Å². The third-order valence-corrected chi connectivity index (χ3v) is 6.19. The lowest BCUT2D eigenvalue weighted by Gasteiger charge is -2.29. The maximum absolute atomic E-state index is 4.24. The molecule has 2 aliphatic rings. The number of nitrogens with one attached hydrogen (secondary N) is 1. The van der Waals surface area contributed by atoms with Gasteiger partial charge in [0.2, 0.25) is 0 Å². The summed E-state index contributed by atoms with van der Waals surface area (Å²) in [5.74, 6) is 1.27. The largest absolute Gasteiger partial charge is 0.357 e. The highest BCUT2D eigenvalue weighted by Crippen LogP contribution is 2.41. The minimum Gasteiger partial charge on any atom is -0.357 e. The van der Waals surface area contributed by atoms with Crippen molar-refractivity contribution >= 4 is 5.57 Å². The number of pyridine rings is 1. The van der Waals surface area contributed by atoms with E-state index in [4.69, 9.17) is 0 Å². The van der Waals surface area contributed by atoms with Crippen LogP contribution in [0.15, 0.2) is 42.8 Å². The van der Waals surface area contributed by atoms with E-state index in [0.717, 1.165) is 12.8 Å². The Labute approximate surface area is 176 Å². The molecule has 0 spiro atoms. The van der Waals surface area contributed by atoms with Gasteiger partial charge in [-0.1, -0.05) is 45.9 Å². The summed E-state index contributed by atoms with van der Waals surface area (Å²) in [7, 11) is 2.23. The fourth-order valence-corrected chi connectivity index (χ4v) is 4.54. The summed E-state index contributed by atoms with van der Waals surface area (Å²) in [5, 5.41) is 0. The van der Waals surface area contributed by atoms with Gasteiger partial charge in [-0.05, 0) is 80.6 Å². The number of aromatic nitrogens is 2. The molecule has 0 saturated carbocycles. The van der Waals surface area contributed by atoms with Crippen molar-refractivity contribution in [1.82, 2.24) is 14.9 Å². The molecule has 1 unspecified atom stereocenters. The maximum Gasteiger partial charge on any atom is 0.0535 e. The molecule has 3 heterocycles. The molecule has 29 heavy (non-hydrogen) atoms. The molecular formula is C26H37N3. The lowest BCUT2D eigenvalue weighted by molar-refractivity contribution is 0.253. The minimum atomic E-state index is 0.632. The first-order valence-corrected chi connectivity index (χ1v) is 11.4. The van der Waals surface area contributed by atoms with Gasteiger partial charge in [0.1, 0.15) is 0 Å². The highest BCUT2D eigenvalue weighted by Gasteiger charge is 2.27. The minimum absolute atomic E-state index is 0.632. The van der Waals surface area contributed by atoms with Crippen LogP contribution in [0.3, 0.4) is 0 Å². The normalized spacial score (nSPS) is 20.2. The van der Waals surface area contributed by atoms with Gasteiger partial charge in [0.05, 0.1) is 5.69 Å². The van der Waals surface area contributed by atoms with Crippen molar-refractivity contribution in [3.8, 4) is 11.1 Å². The second-order valence-corrected chi connectivity index (χ2v) is 8.17. The number of piperidine rings is 1. The standard InChI is InChI=1S/C24H31N3.C2H6/c1-4-21-22(18-9-13-25-14-10-18)24(19-7-5-17(2)6-8-19)26-23(21)20-11-15-27(3)16-12-20;1-2/h5,7-10,13-14,17,20,26H,4,6,11-12,15-16H2,1-3H3;1-2H3. The average Bonchev–Trinajstić information content (AvgIpc) is 3.16. The van der Waals surface area contributed by atoms with Gasteiger partial charge >= 0.3 is 0 Å². The number of aromatic amines is 1. The molecule has 4 rings (SSSR count). The Bertz CT molecular complexity index is 836. The van der Waals surface area contributed by atoms with Crippen molar-refractivity contribution in [3.05, 3.63) is 59.7 Å². The molecule has 3 nitrogen and oxygen atoms in total. The van der Waals surface area contributed by atoms with Crippen molar-refractivity contribution in [2.24, 2.45) is 5.92 Å². The van der Waals surface area contributed by atoms with Crippen LogP contribution in [0, 0.1) is 5.92 Å². The summed E-state index contributed by atoms with van der Waals surface area (Å²) in [6, 6.07) is 4.31. The fraction of sp³-hybridized carbons (Fsp3) is 0.500. The molecular weight excluding hydrogens is 354 g/mol. The summed E-state index contributed by atoms with van der Waals surface area (Å²) < 4.78 is 0. The Balaban J connectivity index is 0.00000117. The van der Waals surface area contributed by atoms with Crippen LogP contribution in [0.2, 0.25) is 0 Å². The number of rotatable bonds is 4. The summed E-state index contributed by atoms with van der Waals surface area (Å²) in [5.41, 5.74) is 8.28. The first-order chi connectivity index (χ1) is 14.2. The fourth-order valence-electron chi connectivity index (χ4n) is 4.54. The second kappa shape index (κ2) is 10.1. The third kappa shape index (κ3) is 4.72. The van der Waals surface area contributed by atoms with Crippen LogP contribution in [-0.2, 0) is 6.42 Å². The van der Waals surface area contributed by atoms with E-state index in [9.17, 15) is 0 Å². The van der Waals surface area contributed by atoms with Gasteiger partial charge in [0.15, 0.2) is 0 Å². The van der Waals surface area contributed by atoms with E-state index in [1.54, 1.807) is 0 Å². The van der Waals surface area contributed by atoms with Gasteiger partial charge in [-0.2, -0.15) is 0 Å². The molecule has 1 aliphatic carbocycles. The van der Waals surface area contributed by atoms with Crippen molar-refractivity contribution in [2.45, 2.75) is 59.3 Å². The van der Waals surface area contributed by atoms with E-state index < -0.39 is 0 Å². The zero-order valence-electron chi connectivity index (χ0n) is 18.8. The highest BCUT2D eigenvalue weighted by atomic mass is 15.1. The zero-order chi connectivity index (χ0) is 20.8. The summed E-state index contributed by atoms with van der Waals surface area (Å²) in [4.78, 5) is 10.6. The van der Waals surface area contributed by atoms with E-state index in [0.29, 0.717) is 11.8 Å². The van der Waals surface area contributed by atoms with Crippen LogP contribution in [0.5, 0.6) is 0 Å². The van der Waals surface area contributed by atoms with E-state index >= 15 is 0 Å². The Morgan fingerprint density at radius 1 is 1.14 bits per heavy atom. The summed E-state index contributed by atoms with van der Waals surface area (Å²) in [6.07, 6.45) is 15.5. The van der Waals surface area contributed by atoms with E-state index in [1.807, 2.05) is 26.2 Å². The van der Waals surface area contributed by atoms with Gasteiger partial charge in [0.25, 0.3) is 0 Å². The molecule has 1 atom stereocenters. The van der Waals surface area contributed by atoms with Crippen molar-refractivity contribution in [1.29, 1.82) is 0 Å². The number of nitrogens with zero attached hydrogens (tertiary/aromatic N) is 2. The summed E-state index contributed by atoms with van der Waals surface area (Å²) >= 11 is 0. The van der Waals surface area contributed by atoms with Gasteiger partial charge in [-0.25, -0.2) is 0 Å². The number of H-pyrrole nitrogens is 1. The second-order valence-electron chi connectivity index (χ2n) is 8.17. The third-order valence-electron chi connectivity index (χ3n) is 6.19. The van der Waals surface area contributed by atoms with Crippen molar-refractivity contribution in [3.63, 3.8) is 0 Å².